The van der Waals surface area contributed by atoms with Crippen molar-refractivity contribution in [2.75, 3.05) is 0 Å². The summed E-state index contributed by atoms with van der Waals surface area (Å²) >= 11 is 0. The van der Waals surface area contributed by atoms with Crippen molar-refractivity contribution in [3.63, 3.8) is 0 Å². The second-order valence-corrected chi connectivity index (χ2v) is 6.58. The molecule has 1 heteroatoms. The van der Waals surface area contributed by atoms with Gasteiger partial charge in [-0.2, -0.15) is 0 Å². The number of hydrogen-bond donors (Lipinski definition) is 1. The minimum Gasteiger partial charge on any atom is -0.393 e. The van der Waals surface area contributed by atoms with Gasteiger partial charge in [0, 0.05) is 0 Å². The van der Waals surface area contributed by atoms with Gasteiger partial charge < -0.3 is 5.11 Å². The van der Waals surface area contributed by atoms with E-state index >= 15 is 0 Å². The summed E-state index contributed by atoms with van der Waals surface area (Å²) in [5.41, 5.74) is 4.52. The van der Waals surface area contributed by atoms with Crippen LogP contribution in [0.15, 0.2) is 18.2 Å². The maximum absolute atomic E-state index is 10.1. The van der Waals surface area contributed by atoms with Crippen LogP contribution in [0, 0.1) is 5.41 Å². The molecular weight excluding hydrogens is 208 g/mol. The fourth-order valence-corrected chi connectivity index (χ4v) is 2.80. The zero-order valence-corrected chi connectivity index (χ0v) is 11.3. The molecule has 0 saturated heterocycles. The lowest BCUT2D eigenvalue weighted by Gasteiger charge is -2.22. The van der Waals surface area contributed by atoms with Gasteiger partial charge in [0.2, 0.25) is 0 Å². The second kappa shape index (κ2) is 4.81. The van der Waals surface area contributed by atoms with Gasteiger partial charge in [-0.1, -0.05) is 39.0 Å². The van der Waals surface area contributed by atoms with Crippen LogP contribution in [0.4, 0.5) is 0 Å². The third kappa shape index (κ3) is 3.57. The van der Waals surface area contributed by atoms with Crippen molar-refractivity contribution in [3.8, 4) is 0 Å². The summed E-state index contributed by atoms with van der Waals surface area (Å²) in [6.45, 7) is 6.54. The van der Waals surface area contributed by atoms with Crippen molar-refractivity contribution in [2.24, 2.45) is 5.41 Å². The molecule has 0 fully saturated rings. The summed E-state index contributed by atoms with van der Waals surface area (Å²) < 4.78 is 0. The molecule has 1 unspecified atom stereocenters. The van der Waals surface area contributed by atoms with Gasteiger partial charge in [0.05, 0.1) is 6.10 Å². The SMILES string of the molecule is CC(C)(C)CC(O)Cc1ccc2c(c1)CCC2. The van der Waals surface area contributed by atoms with Gasteiger partial charge in [0.25, 0.3) is 0 Å². The highest BCUT2D eigenvalue weighted by molar-refractivity contribution is 5.35. The quantitative estimate of drug-likeness (QED) is 0.845. The van der Waals surface area contributed by atoms with E-state index in [-0.39, 0.29) is 11.5 Å². The lowest BCUT2D eigenvalue weighted by molar-refractivity contribution is 0.121. The number of aryl methyl sites for hydroxylation is 2. The maximum atomic E-state index is 10.1. The van der Waals surface area contributed by atoms with Crippen LogP contribution >= 0.6 is 0 Å². The highest BCUT2D eigenvalue weighted by atomic mass is 16.3. The standard InChI is InChI=1S/C16H24O/c1-16(2,3)11-15(17)10-12-7-8-13-5-4-6-14(13)9-12/h7-9,15,17H,4-6,10-11H2,1-3H3. The molecule has 1 aromatic carbocycles. The monoisotopic (exact) mass is 232 g/mol. The first-order chi connectivity index (χ1) is 7.94. The Kier molecular flexibility index (Phi) is 3.58. The van der Waals surface area contributed by atoms with Crippen LogP contribution in [-0.4, -0.2) is 11.2 Å². The van der Waals surface area contributed by atoms with Crippen LogP contribution in [0.3, 0.4) is 0 Å². The minimum atomic E-state index is -0.213. The Morgan fingerprint density at radius 1 is 1.18 bits per heavy atom. The molecule has 1 atom stereocenters. The predicted molar refractivity (Wildman–Crippen MR) is 72.2 cm³/mol. The van der Waals surface area contributed by atoms with Crippen LogP contribution in [0.5, 0.6) is 0 Å². The Morgan fingerprint density at radius 3 is 2.59 bits per heavy atom. The summed E-state index contributed by atoms with van der Waals surface area (Å²) in [6.07, 6.45) is 5.20. The molecule has 2 rings (SSSR count). The van der Waals surface area contributed by atoms with Gasteiger partial charge >= 0.3 is 0 Å². The molecule has 0 radical (unpaired) electrons. The molecule has 0 bridgehead atoms. The van der Waals surface area contributed by atoms with E-state index in [0.29, 0.717) is 0 Å². The van der Waals surface area contributed by atoms with Gasteiger partial charge in [0.1, 0.15) is 0 Å². The maximum Gasteiger partial charge on any atom is 0.0585 e. The van der Waals surface area contributed by atoms with Crippen LogP contribution in [0.1, 0.15) is 50.3 Å². The Morgan fingerprint density at radius 2 is 1.88 bits per heavy atom. The van der Waals surface area contributed by atoms with Crippen molar-refractivity contribution in [3.05, 3.63) is 34.9 Å². The molecule has 1 aliphatic carbocycles. The zero-order chi connectivity index (χ0) is 12.5. The number of aliphatic hydroxyl groups is 1. The summed E-state index contributed by atoms with van der Waals surface area (Å²) in [5, 5.41) is 10.1. The van der Waals surface area contributed by atoms with Crippen molar-refractivity contribution in [1.82, 2.24) is 0 Å². The molecular formula is C16H24O. The van der Waals surface area contributed by atoms with E-state index in [9.17, 15) is 5.11 Å². The Balaban J connectivity index is 1.99. The molecule has 0 spiro atoms. The van der Waals surface area contributed by atoms with E-state index in [1.807, 2.05) is 0 Å². The van der Waals surface area contributed by atoms with Crippen LogP contribution < -0.4 is 0 Å². The largest absolute Gasteiger partial charge is 0.393 e. The van der Waals surface area contributed by atoms with Crippen LogP contribution in [0.25, 0.3) is 0 Å². The van der Waals surface area contributed by atoms with Gasteiger partial charge in [-0.25, -0.2) is 0 Å². The smallest absolute Gasteiger partial charge is 0.0585 e. The first-order valence-electron chi connectivity index (χ1n) is 6.73. The Labute approximate surface area is 105 Å². The molecule has 17 heavy (non-hydrogen) atoms. The lowest BCUT2D eigenvalue weighted by atomic mass is 9.87. The molecule has 0 amide bonds. The summed E-state index contributed by atoms with van der Waals surface area (Å²) in [6, 6.07) is 6.74. The van der Waals surface area contributed by atoms with E-state index in [1.165, 1.54) is 36.0 Å². The number of fused-ring (bicyclic) bond motifs is 1. The third-order valence-electron chi connectivity index (χ3n) is 3.48. The number of benzene rings is 1. The molecule has 0 heterocycles. The third-order valence-corrected chi connectivity index (χ3v) is 3.48. The highest BCUT2D eigenvalue weighted by Gasteiger charge is 2.18. The number of rotatable bonds is 3. The molecule has 1 N–H and O–H groups in total. The van der Waals surface area contributed by atoms with Crippen molar-refractivity contribution in [1.29, 1.82) is 0 Å². The van der Waals surface area contributed by atoms with Crippen LogP contribution in [-0.2, 0) is 19.3 Å². The van der Waals surface area contributed by atoms with Gasteiger partial charge in [0.15, 0.2) is 0 Å². The summed E-state index contributed by atoms with van der Waals surface area (Å²) in [7, 11) is 0. The Hall–Kier alpha value is -0.820. The fraction of sp³-hybridized carbons (Fsp3) is 0.625. The lowest BCUT2D eigenvalue weighted by Crippen LogP contribution is -2.19. The number of hydrogen-bond acceptors (Lipinski definition) is 1. The zero-order valence-electron chi connectivity index (χ0n) is 11.3. The van der Waals surface area contributed by atoms with Crippen molar-refractivity contribution >= 4 is 0 Å². The molecule has 1 aromatic rings. The van der Waals surface area contributed by atoms with E-state index < -0.39 is 0 Å². The molecule has 1 nitrogen and oxygen atoms in total. The first kappa shape index (κ1) is 12.6. The Bertz CT molecular complexity index is 387. The first-order valence-corrected chi connectivity index (χ1v) is 6.73. The average Bonchev–Trinajstić information content (AvgIpc) is 2.61. The molecule has 1 aliphatic rings. The summed E-state index contributed by atoms with van der Waals surface area (Å²) in [5.74, 6) is 0. The van der Waals surface area contributed by atoms with Crippen LogP contribution in [0.2, 0.25) is 0 Å². The highest BCUT2D eigenvalue weighted by Crippen LogP contribution is 2.25. The molecule has 94 valence electrons. The van der Waals surface area contributed by atoms with Crippen molar-refractivity contribution < 1.29 is 5.11 Å². The van der Waals surface area contributed by atoms with Gasteiger partial charge in [-0.05, 0) is 54.2 Å². The van der Waals surface area contributed by atoms with Gasteiger partial charge in [-0.3, -0.25) is 0 Å². The normalized spacial score (nSPS) is 16.9. The van der Waals surface area contributed by atoms with E-state index in [2.05, 4.69) is 39.0 Å². The molecule has 0 aromatic heterocycles. The average molecular weight is 232 g/mol. The van der Waals surface area contributed by atoms with Crippen molar-refractivity contribution in [2.45, 2.75) is 59.0 Å². The topological polar surface area (TPSA) is 20.2 Å². The summed E-state index contributed by atoms with van der Waals surface area (Å²) in [4.78, 5) is 0. The number of aliphatic hydroxyl groups excluding tert-OH is 1. The predicted octanol–water partition coefficient (Wildman–Crippen LogP) is 3.51. The van der Waals surface area contributed by atoms with E-state index in [4.69, 9.17) is 0 Å². The van der Waals surface area contributed by atoms with Gasteiger partial charge in [-0.15, -0.1) is 0 Å². The van der Waals surface area contributed by atoms with E-state index in [0.717, 1.165) is 12.8 Å². The second-order valence-electron chi connectivity index (χ2n) is 6.58. The molecule has 0 saturated carbocycles. The molecule has 0 aliphatic heterocycles. The van der Waals surface area contributed by atoms with E-state index in [1.54, 1.807) is 0 Å². The fourth-order valence-electron chi connectivity index (χ4n) is 2.80. The minimum absolute atomic E-state index is 0.205.